The van der Waals surface area contributed by atoms with E-state index in [2.05, 4.69) is 18.0 Å². The average molecular weight is 242 g/mol. The van der Waals surface area contributed by atoms with Crippen LogP contribution >= 0.6 is 11.3 Å². The molecule has 0 N–H and O–H groups in total. The van der Waals surface area contributed by atoms with Crippen LogP contribution in [0.1, 0.15) is 15.4 Å². The van der Waals surface area contributed by atoms with Crippen molar-refractivity contribution in [2.45, 2.75) is 6.92 Å². The highest BCUT2D eigenvalue weighted by atomic mass is 32.1. The van der Waals surface area contributed by atoms with Gasteiger partial charge in [0.2, 0.25) is 0 Å². The minimum absolute atomic E-state index is 0.626. The molecule has 0 atom stereocenters. The molecule has 0 aliphatic carbocycles. The van der Waals surface area contributed by atoms with Gasteiger partial charge >= 0.3 is 0 Å². The normalized spacial score (nSPS) is 10.9. The largest absolute Gasteiger partial charge is 0.296 e. The monoisotopic (exact) mass is 242 g/mol. The van der Waals surface area contributed by atoms with Crippen LogP contribution in [-0.4, -0.2) is 15.7 Å². The van der Waals surface area contributed by atoms with Gasteiger partial charge in [-0.15, -0.1) is 11.3 Å². The first kappa shape index (κ1) is 10.2. The summed E-state index contributed by atoms with van der Waals surface area (Å²) in [7, 11) is 0. The van der Waals surface area contributed by atoms with E-state index in [4.69, 9.17) is 0 Å². The highest BCUT2D eigenvalue weighted by molar-refractivity contribution is 7.15. The Morgan fingerprint density at radius 3 is 2.88 bits per heavy atom. The molecule has 0 spiro atoms. The molecule has 0 saturated heterocycles. The minimum atomic E-state index is 0.626. The van der Waals surface area contributed by atoms with Gasteiger partial charge in [0, 0.05) is 4.88 Å². The standard InChI is InChI=1S/C13H10N2OS/c1-9-5-6-12(17-9)13-14-7-10-3-2-4-11(8-16)15(10)13/h2-8H,1H3. The van der Waals surface area contributed by atoms with Gasteiger partial charge in [0.1, 0.15) is 0 Å². The molecule has 17 heavy (non-hydrogen) atoms. The van der Waals surface area contributed by atoms with Crippen LogP contribution in [0.3, 0.4) is 0 Å². The third-order valence-electron chi connectivity index (χ3n) is 2.66. The first-order valence-electron chi connectivity index (χ1n) is 5.28. The minimum Gasteiger partial charge on any atom is -0.296 e. The molecule has 0 fully saturated rings. The number of pyridine rings is 1. The van der Waals surface area contributed by atoms with Crippen molar-refractivity contribution < 1.29 is 4.79 Å². The van der Waals surface area contributed by atoms with Crippen LogP contribution in [0.4, 0.5) is 0 Å². The van der Waals surface area contributed by atoms with E-state index in [9.17, 15) is 4.79 Å². The molecule has 0 aliphatic rings. The maximum Gasteiger partial charge on any atom is 0.166 e. The topological polar surface area (TPSA) is 34.4 Å². The van der Waals surface area contributed by atoms with Crippen molar-refractivity contribution in [1.82, 2.24) is 9.38 Å². The first-order valence-corrected chi connectivity index (χ1v) is 6.10. The number of aromatic nitrogens is 2. The summed E-state index contributed by atoms with van der Waals surface area (Å²) in [5, 5.41) is 0. The molecule has 3 aromatic rings. The SMILES string of the molecule is Cc1ccc(-c2ncc3cccc(C=O)n23)s1. The second kappa shape index (κ2) is 3.82. The van der Waals surface area contributed by atoms with Gasteiger partial charge < -0.3 is 0 Å². The maximum atomic E-state index is 11.1. The predicted molar refractivity (Wildman–Crippen MR) is 68.6 cm³/mol. The first-order chi connectivity index (χ1) is 8.29. The highest BCUT2D eigenvalue weighted by Crippen LogP contribution is 2.27. The zero-order valence-corrected chi connectivity index (χ0v) is 10.1. The van der Waals surface area contributed by atoms with Gasteiger partial charge in [-0.25, -0.2) is 4.98 Å². The Hall–Kier alpha value is -1.94. The Balaban J connectivity index is 2.33. The van der Waals surface area contributed by atoms with E-state index in [1.807, 2.05) is 22.6 Å². The Morgan fingerprint density at radius 2 is 2.18 bits per heavy atom. The molecule has 3 aromatic heterocycles. The number of imidazole rings is 1. The smallest absolute Gasteiger partial charge is 0.166 e. The summed E-state index contributed by atoms with van der Waals surface area (Å²) in [6, 6.07) is 9.71. The summed E-state index contributed by atoms with van der Waals surface area (Å²) < 4.78 is 1.89. The molecule has 84 valence electrons. The molecule has 0 unspecified atom stereocenters. The summed E-state index contributed by atoms with van der Waals surface area (Å²) in [6.07, 6.45) is 2.65. The number of hydrogen-bond donors (Lipinski definition) is 0. The fraction of sp³-hybridized carbons (Fsp3) is 0.0769. The van der Waals surface area contributed by atoms with Crippen LogP contribution in [0, 0.1) is 6.92 Å². The van der Waals surface area contributed by atoms with E-state index < -0.39 is 0 Å². The van der Waals surface area contributed by atoms with E-state index in [0.717, 1.165) is 22.5 Å². The number of aryl methyl sites for hydroxylation is 1. The molecular weight excluding hydrogens is 232 g/mol. The summed E-state index contributed by atoms with van der Waals surface area (Å²) in [5.41, 5.74) is 1.57. The van der Waals surface area contributed by atoms with E-state index in [1.165, 1.54) is 4.88 Å². The quantitative estimate of drug-likeness (QED) is 0.647. The van der Waals surface area contributed by atoms with E-state index in [-0.39, 0.29) is 0 Å². The number of carbonyl (C=O) groups is 1. The lowest BCUT2D eigenvalue weighted by Gasteiger charge is -2.01. The summed E-state index contributed by atoms with van der Waals surface area (Å²) in [5.74, 6) is 0.834. The van der Waals surface area contributed by atoms with Gasteiger partial charge in [0.25, 0.3) is 0 Å². The maximum absolute atomic E-state index is 11.1. The second-order valence-corrected chi connectivity index (χ2v) is 5.11. The molecule has 0 amide bonds. The molecule has 0 bridgehead atoms. The summed E-state index contributed by atoms with van der Waals surface area (Å²) in [4.78, 5) is 17.8. The van der Waals surface area contributed by atoms with Crippen LogP contribution in [0.2, 0.25) is 0 Å². The fourth-order valence-corrected chi connectivity index (χ4v) is 2.75. The van der Waals surface area contributed by atoms with Crippen LogP contribution in [0.15, 0.2) is 36.5 Å². The number of aldehydes is 1. The molecule has 0 radical (unpaired) electrons. The van der Waals surface area contributed by atoms with Crippen molar-refractivity contribution in [3.05, 3.63) is 47.1 Å². The zero-order chi connectivity index (χ0) is 11.8. The van der Waals surface area contributed by atoms with Gasteiger partial charge in [0.05, 0.1) is 22.3 Å². The molecule has 0 aromatic carbocycles. The third kappa shape index (κ3) is 1.57. The van der Waals surface area contributed by atoms with Crippen LogP contribution in [-0.2, 0) is 0 Å². The van der Waals surface area contributed by atoms with Crippen molar-refractivity contribution in [2.75, 3.05) is 0 Å². The van der Waals surface area contributed by atoms with Crippen molar-refractivity contribution in [1.29, 1.82) is 0 Å². The lowest BCUT2D eigenvalue weighted by Crippen LogP contribution is -1.96. The van der Waals surface area contributed by atoms with Gasteiger partial charge in [-0.3, -0.25) is 9.20 Å². The van der Waals surface area contributed by atoms with Gasteiger partial charge in [-0.05, 0) is 31.2 Å². The molecular formula is C13H10N2OS. The van der Waals surface area contributed by atoms with Crippen molar-refractivity contribution in [2.24, 2.45) is 0 Å². The van der Waals surface area contributed by atoms with E-state index >= 15 is 0 Å². The number of nitrogens with zero attached hydrogens (tertiary/aromatic N) is 2. The molecule has 3 heterocycles. The number of rotatable bonds is 2. The second-order valence-electron chi connectivity index (χ2n) is 3.82. The number of hydrogen-bond acceptors (Lipinski definition) is 3. The lowest BCUT2D eigenvalue weighted by molar-refractivity contribution is 0.111. The van der Waals surface area contributed by atoms with Crippen LogP contribution in [0.25, 0.3) is 16.2 Å². The average Bonchev–Trinajstić information content (AvgIpc) is 2.94. The van der Waals surface area contributed by atoms with E-state index in [0.29, 0.717) is 5.69 Å². The van der Waals surface area contributed by atoms with Crippen molar-refractivity contribution >= 4 is 23.1 Å². The highest BCUT2D eigenvalue weighted by Gasteiger charge is 2.10. The Kier molecular flexibility index (Phi) is 2.30. The number of thiophene rings is 1. The predicted octanol–water partition coefficient (Wildman–Crippen LogP) is 3.18. The zero-order valence-electron chi connectivity index (χ0n) is 9.25. The lowest BCUT2D eigenvalue weighted by atomic mass is 10.3. The number of carbonyl (C=O) groups excluding carboxylic acids is 1. The summed E-state index contributed by atoms with van der Waals surface area (Å²) in [6.45, 7) is 2.06. The van der Waals surface area contributed by atoms with Crippen molar-refractivity contribution in [3.63, 3.8) is 0 Å². The Bertz CT molecular complexity index is 696. The van der Waals surface area contributed by atoms with Gasteiger partial charge in [0.15, 0.2) is 12.1 Å². The van der Waals surface area contributed by atoms with E-state index in [1.54, 1.807) is 23.6 Å². The molecule has 0 saturated carbocycles. The Labute approximate surface area is 102 Å². The van der Waals surface area contributed by atoms with Crippen molar-refractivity contribution in [3.8, 4) is 10.7 Å². The molecule has 3 nitrogen and oxygen atoms in total. The molecule has 4 heteroatoms. The molecule has 0 aliphatic heterocycles. The summed E-state index contributed by atoms with van der Waals surface area (Å²) >= 11 is 1.68. The van der Waals surface area contributed by atoms with Crippen LogP contribution in [0.5, 0.6) is 0 Å². The van der Waals surface area contributed by atoms with Gasteiger partial charge in [-0.1, -0.05) is 6.07 Å². The fourth-order valence-electron chi connectivity index (χ4n) is 1.89. The van der Waals surface area contributed by atoms with Gasteiger partial charge in [-0.2, -0.15) is 0 Å². The third-order valence-corrected chi connectivity index (χ3v) is 3.66. The number of fused-ring (bicyclic) bond motifs is 1. The molecule has 3 rings (SSSR count). The Morgan fingerprint density at radius 1 is 1.29 bits per heavy atom. The van der Waals surface area contributed by atoms with Crippen LogP contribution < -0.4 is 0 Å².